The first-order valence-electron chi connectivity index (χ1n) is 8.60. The summed E-state index contributed by atoms with van der Waals surface area (Å²) in [6.07, 6.45) is 1.10. The van der Waals surface area contributed by atoms with Crippen molar-refractivity contribution in [3.05, 3.63) is 29.8 Å². The van der Waals surface area contributed by atoms with Gasteiger partial charge < -0.3 is 19.9 Å². The van der Waals surface area contributed by atoms with Crippen LogP contribution >= 0.6 is 0 Å². The molecule has 1 aliphatic heterocycles. The lowest BCUT2D eigenvalue weighted by molar-refractivity contribution is 0.0444. The number of hydrogen-bond donors (Lipinski definition) is 1. The van der Waals surface area contributed by atoms with Gasteiger partial charge in [0.2, 0.25) is 0 Å². The van der Waals surface area contributed by atoms with Crippen LogP contribution in [0.4, 0.5) is 4.79 Å². The summed E-state index contributed by atoms with van der Waals surface area (Å²) < 4.78 is 5.84. The van der Waals surface area contributed by atoms with E-state index in [9.17, 15) is 4.79 Å². The highest BCUT2D eigenvalue weighted by Crippen LogP contribution is 2.18. The minimum atomic E-state index is 0.0216. The molecular formula is C18H29N3O2. The molecule has 0 unspecified atom stereocenters. The third-order valence-corrected chi connectivity index (χ3v) is 4.28. The summed E-state index contributed by atoms with van der Waals surface area (Å²) >= 11 is 0. The molecule has 1 heterocycles. The smallest absolute Gasteiger partial charge is 0.317 e. The SMILES string of the molecule is CCN(CC)CCCNC(=O)N1CC(Oc2ccc(C)cc2)C1. The highest BCUT2D eigenvalue weighted by Gasteiger charge is 2.32. The number of rotatable bonds is 8. The van der Waals surface area contributed by atoms with Crippen LogP contribution < -0.4 is 10.1 Å². The van der Waals surface area contributed by atoms with E-state index in [4.69, 9.17) is 4.74 Å². The van der Waals surface area contributed by atoms with Gasteiger partial charge in [-0.05, 0) is 45.1 Å². The summed E-state index contributed by atoms with van der Waals surface area (Å²) in [5.74, 6) is 0.875. The second-order valence-corrected chi connectivity index (χ2v) is 6.07. The Balaban J connectivity index is 1.59. The summed E-state index contributed by atoms with van der Waals surface area (Å²) in [5.41, 5.74) is 1.22. The molecule has 1 aliphatic rings. The fourth-order valence-corrected chi connectivity index (χ4v) is 2.64. The van der Waals surface area contributed by atoms with Crippen molar-refractivity contribution in [2.24, 2.45) is 0 Å². The van der Waals surface area contributed by atoms with Gasteiger partial charge in [-0.1, -0.05) is 31.5 Å². The van der Waals surface area contributed by atoms with E-state index in [1.165, 1.54) is 5.56 Å². The van der Waals surface area contributed by atoms with Crippen molar-refractivity contribution in [3.63, 3.8) is 0 Å². The van der Waals surface area contributed by atoms with Crippen LogP contribution in [0.3, 0.4) is 0 Å². The predicted octanol–water partition coefficient (Wildman–Crippen LogP) is 2.50. The first-order valence-corrected chi connectivity index (χ1v) is 8.60. The van der Waals surface area contributed by atoms with Crippen molar-refractivity contribution >= 4 is 6.03 Å². The fraction of sp³-hybridized carbons (Fsp3) is 0.611. The van der Waals surface area contributed by atoms with Gasteiger partial charge in [-0.25, -0.2) is 4.79 Å². The van der Waals surface area contributed by atoms with Crippen molar-refractivity contribution in [2.75, 3.05) is 39.3 Å². The van der Waals surface area contributed by atoms with Gasteiger partial charge in [0.05, 0.1) is 13.1 Å². The summed E-state index contributed by atoms with van der Waals surface area (Å²) in [7, 11) is 0. The standard InChI is InChI=1S/C18H29N3O2/c1-4-20(5-2)12-6-11-19-18(22)21-13-17(14-21)23-16-9-7-15(3)8-10-16/h7-10,17H,4-6,11-14H2,1-3H3,(H,19,22). The molecule has 23 heavy (non-hydrogen) atoms. The van der Waals surface area contributed by atoms with Crippen LogP contribution in [0.1, 0.15) is 25.8 Å². The van der Waals surface area contributed by atoms with Gasteiger partial charge in [-0.2, -0.15) is 0 Å². The van der Waals surface area contributed by atoms with Gasteiger partial charge in [-0.15, -0.1) is 0 Å². The van der Waals surface area contributed by atoms with Gasteiger partial charge in [0, 0.05) is 6.54 Å². The number of urea groups is 1. The van der Waals surface area contributed by atoms with Crippen molar-refractivity contribution in [3.8, 4) is 5.75 Å². The molecule has 0 aromatic heterocycles. The Hall–Kier alpha value is -1.75. The molecule has 1 saturated heterocycles. The number of hydrogen-bond acceptors (Lipinski definition) is 3. The lowest BCUT2D eigenvalue weighted by Gasteiger charge is -2.38. The van der Waals surface area contributed by atoms with Crippen LogP contribution in [-0.2, 0) is 0 Å². The van der Waals surface area contributed by atoms with Gasteiger partial charge in [0.1, 0.15) is 11.9 Å². The Morgan fingerprint density at radius 2 is 1.91 bits per heavy atom. The van der Waals surface area contributed by atoms with E-state index >= 15 is 0 Å². The maximum absolute atomic E-state index is 12.0. The molecule has 0 atom stereocenters. The lowest BCUT2D eigenvalue weighted by Crippen LogP contribution is -2.59. The van der Waals surface area contributed by atoms with Crippen LogP contribution in [0.2, 0.25) is 0 Å². The topological polar surface area (TPSA) is 44.8 Å². The van der Waals surface area contributed by atoms with E-state index in [2.05, 4.69) is 31.0 Å². The lowest BCUT2D eigenvalue weighted by atomic mass is 10.2. The molecule has 0 saturated carbocycles. The molecule has 5 heteroatoms. The van der Waals surface area contributed by atoms with Gasteiger partial charge in [-0.3, -0.25) is 0 Å². The second kappa shape index (κ2) is 8.77. The Morgan fingerprint density at radius 3 is 2.52 bits per heavy atom. The number of carbonyl (C=O) groups is 1. The summed E-state index contributed by atoms with van der Waals surface area (Å²) in [4.78, 5) is 16.2. The van der Waals surface area contributed by atoms with E-state index < -0.39 is 0 Å². The number of likely N-dealkylation sites (tertiary alicyclic amines) is 1. The molecule has 1 N–H and O–H groups in total. The average molecular weight is 319 g/mol. The van der Waals surface area contributed by atoms with Crippen LogP contribution in [0.15, 0.2) is 24.3 Å². The zero-order valence-corrected chi connectivity index (χ0v) is 14.5. The normalized spacial score (nSPS) is 14.7. The van der Waals surface area contributed by atoms with E-state index in [0.717, 1.165) is 38.3 Å². The number of nitrogens with zero attached hydrogens (tertiary/aromatic N) is 2. The minimum absolute atomic E-state index is 0.0216. The fourth-order valence-electron chi connectivity index (χ4n) is 2.64. The molecule has 0 spiro atoms. The molecule has 1 aromatic carbocycles. The zero-order chi connectivity index (χ0) is 16.7. The first-order chi connectivity index (χ1) is 11.1. The molecule has 2 rings (SSSR count). The van der Waals surface area contributed by atoms with Crippen molar-refractivity contribution < 1.29 is 9.53 Å². The number of carbonyl (C=O) groups excluding carboxylic acids is 1. The van der Waals surface area contributed by atoms with Crippen LogP contribution in [0.5, 0.6) is 5.75 Å². The third kappa shape index (κ3) is 5.43. The number of ether oxygens (including phenoxy) is 1. The molecular weight excluding hydrogens is 290 g/mol. The number of amides is 2. The average Bonchev–Trinajstić information content (AvgIpc) is 2.52. The van der Waals surface area contributed by atoms with Crippen molar-refractivity contribution in [2.45, 2.75) is 33.3 Å². The molecule has 1 fully saturated rings. The number of nitrogens with one attached hydrogen (secondary N) is 1. The molecule has 5 nitrogen and oxygen atoms in total. The first kappa shape index (κ1) is 17.6. The molecule has 128 valence electrons. The second-order valence-electron chi connectivity index (χ2n) is 6.07. The molecule has 1 aromatic rings. The van der Waals surface area contributed by atoms with Crippen LogP contribution in [0, 0.1) is 6.92 Å². The van der Waals surface area contributed by atoms with Crippen LogP contribution in [-0.4, -0.2) is 61.2 Å². The summed E-state index contributed by atoms with van der Waals surface area (Å²) in [6, 6.07) is 8.05. The predicted molar refractivity (Wildman–Crippen MR) is 93.0 cm³/mol. The van der Waals surface area contributed by atoms with Crippen LogP contribution in [0.25, 0.3) is 0 Å². The van der Waals surface area contributed by atoms with Crippen molar-refractivity contribution in [1.82, 2.24) is 15.1 Å². The Bertz CT molecular complexity index is 480. The quantitative estimate of drug-likeness (QED) is 0.749. The van der Waals surface area contributed by atoms with Gasteiger partial charge >= 0.3 is 6.03 Å². The highest BCUT2D eigenvalue weighted by atomic mass is 16.5. The maximum Gasteiger partial charge on any atom is 0.317 e. The van der Waals surface area contributed by atoms with E-state index in [1.807, 2.05) is 24.3 Å². The van der Waals surface area contributed by atoms with Crippen molar-refractivity contribution in [1.29, 1.82) is 0 Å². The molecule has 0 radical (unpaired) electrons. The molecule has 0 bridgehead atoms. The minimum Gasteiger partial charge on any atom is -0.487 e. The highest BCUT2D eigenvalue weighted by molar-refractivity contribution is 5.75. The Kier molecular flexibility index (Phi) is 6.71. The summed E-state index contributed by atoms with van der Waals surface area (Å²) in [5, 5.41) is 2.98. The molecule has 0 aliphatic carbocycles. The van der Waals surface area contributed by atoms with E-state index in [1.54, 1.807) is 4.90 Å². The Labute approximate surface area is 139 Å². The largest absolute Gasteiger partial charge is 0.487 e. The molecule has 2 amide bonds. The Morgan fingerprint density at radius 1 is 1.26 bits per heavy atom. The summed E-state index contributed by atoms with van der Waals surface area (Å²) in [6.45, 7) is 11.6. The van der Waals surface area contributed by atoms with Gasteiger partial charge in [0.15, 0.2) is 0 Å². The number of aryl methyl sites for hydroxylation is 1. The third-order valence-electron chi connectivity index (χ3n) is 4.28. The number of benzene rings is 1. The van der Waals surface area contributed by atoms with E-state index in [0.29, 0.717) is 13.1 Å². The van der Waals surface area contributed by atoms with Gasteiger partial charge in [0.25, 0.3) is 0 Å². The monoisotopic (exact) mass is 319 g/mol. The maximum atomic E-state index is 12.0. The van der Waals surface area contributed by atoms with E-state index in [-0.39, 0.29) is 12.1 Å². The zero-order valence-electron chi connectivity index (χ0n) is 14.5.